The molecule has 0 bridgehead atoms. The number of halogens is 4. The van der Waals surface area contributed by atoms with Crippen molar-refractivity contribution < 1.29 is 9.53 Å². The van der Waals surface area contributed by atoms with Crippen LogP contribution in [0.25, 0.3) is 0 Å². The Kier molecular flexibility index (Phi) is 7.23. The number of benzene rings is 2. The number of carbonyl (C=O) groups excluding carboxylic acids is 1. The predicted molar refractivity (Wildman–Crippen MR) is 104 cm³/mol. The van der Waals surface area contributed by atoms with Gasteiger partial charge in [0.1, 0.15) is 5.75 Å². The number of anilines is 1. The largest absolute Gasteiger partial charge is 0.493 e. The number of unbranched alkanes of at least 4 members (excludes halogenated alkanes) is 1. The second kappa shape index (κ2) is 8.95. The Labute approximate surface area is 164 Å². The van der Waals surface area contributed by atoms with E-state index in [4.69, 9.17) is 39.5 Å². The van der Waals surface area contributed by atoms with Crippen molar-refractivity contribution in [1.82, 2.24) is 0 Å². The third-order valence-electron chi connectivity index (χ3n) is 3.20. The molecule has 24 heavy (non-hydrogen) atoms. The van der Waals surface area contributed by atoms with Gasteiger partial charge < -0.3 is 10.1 Å². The highest BCUT2D eigenvalue weighted by Crippen LogP contribution is 2.33. The minimum absolute atomic E-state index is 0.307. The molecule has 2 aromatic carbocycles. The molecule has 0 saturated heterocycles. The summed E-state index contributed by atoms with van der Waals surface area (Å²) in [6.07, 6.45) is 1.92. The van der Waals surface area contributed by atoms with Gasteiger partial charge in [0.25, 0.3) is 5.91 Å². The van der Waals surface area contributed by atoms with Gasteiger partial charge in [-0.05, 0) is 36.8 Å². The lowest BCUT2D eigenvalue weighted by atomic mass is 10.1. The van der Waals surface area contributed by atoms with E-state index in [0.29, 0.717) is 38.7 Å². The third kappa shape index (κ3) is 5.03. The van der Waals surface area contributed by atoms with Gasteiger partial charge in [-0.3, -0.25) is 4.79 Å². The minimum Gasteiger partial charge on any atom is -0.493 e. The number of carbonyl (C=O) groups is 1. The van der Waals surface area contributed by atoms with Crippen molar-refractivity contribution in [3.05, 3.63) is 55.4 Å². The van der Waals surface area contributed by atoms with Crippen molar-refractivity contribution in [1.29, 1.82) is 0 Å². The van der Waals surface area contributed by atoms with Crippen LogP contribution < -0.4 is 10.1 Å². The maximum absolute atomic E-state index is 12.6. The maximum Gasteiger partial charge on any atom is 0.259 e. The molecule has 128 valence electrons. The molecule has 0 atom stereocenters. The van der Waals surface area contributed by atoms with Crippen LogP contribution in [0.5, 0.6) is 5.75 Å². The van der Waals surface area contributed by atoms with E-state index < -0.39 is 0 Å². The average Bonchev–Trinajstić information content (AvgIpc) is 2.54. The molecule has 0 aromatic heterocycles. The molecule has 1 N–H and O–H groups in total. The highest BCUT2D eigenvalue weighted by molar-refractivity contribution is 9.10. The van der Waals surface area contributed by atoms with Gasteiger partial charge in [0, 0.05) is 4.47 Å². The fourth-order valence-electron chi connectivity index (χ4n) is 1.94. The molecule has 7 heteroatoms. The first-order chi connectivity index (χ1) is 11.4. The van der Waals surface area contributed by atoms with Crippen molar-refractivity contribution in [2.45, 2.75) is 19.8 Å². The molecule has 3 nitrogen and oxygen atoms in total. The lowest BCUT2D eigenvalue weighted by molar-refractivity contribution is 0.102. The molecule has 1 amide bonds. The van der Waals surface area contributed by atoms with Crippen molar-refractivity contribution in [2.24, 2.45) is 0 Å². The molecule has 0 heterocycles. The molecular formula is C17H15BrCl3NO2. The minimum atomic E-state index is -0.344. The molecule has 0 aliphatic carbocycles. The van der Waals surface area contributed by atoms with Crippen LogP contribution >= 0.6 is 50.7 Å². The van der Waals surface area contributed by atoms with Crippen LogP contribution in [0, 0.1) is 0 Å². The molecule has 0 saturated carbocycles. The normalized spacial score (nSPS) is 10.5. The van der Waals surface area contributed by atoms with E-state index in [1.165, 1.54) is 12.1 Å². The predicted octanol–water partition coefficient (Wildman–Crippen LogP) is 6.84. The van der Waals surface area contributed by atoms with Gasteiger partial charge in [-0.1, -0.05) is 64.1 Å². The number of hydrogen-bond donors (Lipinski definition) is 1. The summed E-state index contributed by atoms with van der Waals surface area (Å²) in [4.78, 5) is 12.6. The Morgan fingerprint density at radius 1 is 1.12 bits per heavy atom. The van der Waals surface area contributed by atoms with Crippen LogP contribution in [-0.4, -0.2) is 12.5 Å². The summed E-state index contributed by atoms with van der Waals surface area (Å²) in [5.41, 5.74) is 0.790. The van der Waals surface area contributed by atoms with Crippen molar-refractivity contribution in [2.75, 3.05) is 11.9 Å². The van der Waals surface area contributed by atoms with Crippen LogP contribution in [0.15, 0.2) is 34.8 Å². The summed E-state index contributed by atoms with van der Waals surface area (Å²) in [6.45, 7) is 2.62. The number of ether oxygens (including phenoxy) is 1. The Morgan fingerprint density at radius 2 is 1.83 bits per heavy atom. The van der Waals surface area contributed by atoms with Crippen LogP contribution in [-0.2, 0) is 0 Å². The molecule has 0 unspecified atom stereocenters. The first kappa shape index (κ1) is 19.4. The lowest BCUT2D eigenvalue weighted by Crippen LogP contribution is -2.14. The monoisotopic (exact) mass is 449 g/mol. The maximum atomic E-state index is 12.6. The molecule has 2 rings (SSSR count). The van der Waals surface area contributed by atoms with E-state index in [2.05, 4.69) is 28.2 Å². The van der Waals surface area contributed by atoms with E-state index >= 15 is 0 Å². The van der Waals surface area contributed by atoms with Gasteiger partial charge >= 0.3 is 0 Å². The van der Waals surface area contributed by atoms with E-state index in [1.807, 2.05) is 6.07 Å². The van der Waals surface area contributed by atoms with Crippen molar-refractivity contribution >= 4 is 62.3 Å². The molecule has 0 aliphatic rings. The van der Waals surface area contributed by atoms with Crippen LogP contribution in [0.2, 0.25) is 15.1 Å². The fourth-order valence-corrected chi connectivity index (χ4v) is 2.90. The SMILES string of the molecule is CCCCOc1ccc(Br)cc1C(=O)Nc1cc(Cl)c(Cl)cc1Cl. The first-order valence-corrected chi connectivity index (χ1v) is 9.23. The van der Waals surface area contributed by atoms with Gasteiger partial charge in [0.2, 0.25) is 0 Å². The second-order valence-electron chi connectivity index (χ2n) is 5.04. The van der Waals surface area contributed by atoms with E-state index in [1.54, 1.807) is 12.1 Å². The summed E-state index contributed by atoms with van der Waals surface area (Å²) in [6, 6.07) is 8.28. The number of nitrogens with one attached hydrogen (secondary N) is 1. The third-order valence-corrected chi connectivity index (χ3v) is 4.73. The fraction of sp³-hybridized carbons (Fsp3) is 0.235. The molecule has 0 aliphatic heterocycles. The molecule has 0 spiro atoms. The van der Waals surface area contributed by atoms with Gasteiger partial charge in [-0.15, -0.1) is 0 Å². The summed E-state index contributed by atoms with van der Waals surface area (Å²) < 4.78 is 6.48. The van der Waals surface area contributed by atoms with Crippen LogP contribution in [0.4, 0.5) is 5.69 Å². The molecule has 2 aromatic rings. The zero-order chi connectivity index (χ0) is 17.7. The number of hydrogen-bond acceptors (Lipinski definition) is 2. The zero-order valence-corrected chi connectivity index (χ0v) is 16.7. The highest BCUT2D eigenvalue weighted by atomic mass is 79.9. The average molecular weight is 452 g/mol. The summed E-state index contributed by atoms with van der Waals surface area (Å²) >= 11 is 21.4. The smallest absolute Gasteiger partial charge is 0.259 e. The van der Waals surface area contributed by atoms with E-state index in [-0.39, 0.29) is 5.91 Å². The van der Waals surface area contributed by atoms with Gasteiger partial charge in [-0.25, -0.2) is 0 Å². The number of amides is 1. The molecule has 0 fully saturated rings. The Bertz CT molecular complexity index is 753. The highest BCUT2D eigenvalue weighted by Gasteiger charge is 2.16. The molecular weight excluding hydrogens is 436 g/mol. The van der Waals surface area contributed by atoms with Crippen LogP contribution in [0.1, 0.15) is 30.1 Å². The van der Waals surface area contributed by atoms with E-state index in [0.717, 1.165) is 17.3 Å². The number of rotatable bonds is 6. The summed E-state index contributed by atoms with van der Waals surface area (Å²) in [7, 11) is 0. The lowest BCUT2D eigenvalue weighted by Gasteiger charge is -2.13. The van der Waals surface area contributed by atoms with Crippen molar-refractivity contribution in [3.8, 4) is 5.75 Å². The Balaban J connectivity index is 2.26. The topological polar surface area (TPSA) is 38.3 Å². The van der Waals surface area contributed by atoms with Crippen LogP contribution in [0.3, 0.4) is 0 Å². The van der Waals surface area contributed by atoms with Crippen molar-refractivity contribution in [3.63, 3.8) is 0 Å². The van der Waals surface area contributed by atoms with Gasteiger partial charge in [-0.2, -0.15) is 0 Å². The zero-order valence-electron chi connectivity index (χ0n) is 12.8. The summed E-state index contributed by atoms with van der Waals surface area (Å²) in [5.74, 6) is 0.170. The quantitative estimate of drug-likeness (QED) is 0.386. The van der Waals surface area contributed by atoms with E-state index in [9.17, 15) is 4.79 Å². The van der Waals surface area contributed by atoms with Gasteiger partial charge in [0.15, 0.2) is 0 Å². The molecule has 0 radical (unpaired) electrons. The Hall–Kier alpha value is -0.940. The van der Waals surface area contributed by atoms with Gasteiger partial charge in [0.05, 0.1) is 32.9 Å². The second-order valence-corrected chi connectivity index (χ2v) is 7.18. The Morgan fingerprint density at radius 3 is 2.54 bits per heavy atom. The first-order valence-electron chi connectivity index (χ1n) is 7.30. The standard InChI is InChI=1S/C17H15BrCl3NO2/c1-2-3-6-24-16-5-4-10(18)7-11(16)17(23)22-15-9-13(20)12(19)8-14(15)21/h4-5,7-9H,2-3,6H2,1H3,(H,22,23). The summed E-state index contributed by atoms with van der Waals surface area (Å²) in [5, 5.41) is 3.68.